The Morgan fingerprint density at radius 3 is 2.62 bits per heavy atom. The minimum absolute atomic E-state index is 0.0384. The van der Waals surface area contributed by atoms with Crippen LogP contribution in [0.25, 0.3) is 0 Å². The van der Waals surface area contributed by atoms with E-state index in [1.54, 1.807) is 22.9 Å². The van der Waals surface area contributed by atoms with Gasteiger partial charge in [0.2, 0.25) is 5.91 Å². The van der Waals surface area contributed by atoms with E-state index >= 15 is 0 Å². The number of hydrogen-bond acceptors (Lipinski definition) is 7. The first-order chi connectivity index (χ1) is 17.8. The van der Waals surface area contributed by atoms with Gasteiger partial charge < -0.3 is 24.2 Å². The second kappa shape index (κ2) is 12.1. The summed E-state index contributed by atoms with van der Waals surface area (Å²) < 4.78 is 32.3. The first-order valence-electron chi connectivity index (χ1n) is 12.2. The molecule has 1 atom stereocenters. The van der Waals surface area contributed by atoms with Crippen LogP contribution in [-0.4, -0.2) is 82.7 Å². The fraction of sp³-hybridized carbons (Fsp3) is 0.407. The number of aliphatic hydroxyl groups is 1. The molecule has 4 rings (SSSR count). The topological polar surface area (TPSA) is 89.3 Å². The summed E-state index contributed by atoms with van der Waals surface area (Å²) in [5, 5.41) is 15.7. The zero-order valence-electron chi connectivity index (χ0n) is 21.2. The molecule has 2 heterocycles. The predicted molar refractivity (Wildman–Crippen MR) is 135 cm³/mol. The van der Waals surface area contributed by atoms with Crippen molar-refractivity contribution in [3.05, 3.63) is 72.3 Å². The van der Waals surface area contributed by atoms with Crippen molar-refractivity contribution in [1.29, 1.82) is 0 Å². The van der Waals surface area contributed by atoms with Gasteiger partial charge in [0.1, 0.15) is 30.4 Å². The summed E-state index contributed by atoms with van der Waals surface area (Å²) in [5.41, 5.74) is -0.334. The minimum Gasteiger partial charge on any atom is -0.493 e. The lowest BCUT2D eigenvalue weighted by atomic mass is 10.0. The third-order valence-electron chi connectivity index (χ3n) is 6.23. The Labute approximate surface area is 216 Å². The number of carbonyl (C=O) groups is 1. The lowest BCUT2D eigenvalue weighted by Crippen LogP contribution is -2.51. The van der Waals surface area contributed by atoms with Gasteiger partial charge in [-0.15, -0.1) is 0 Å². The van der Waals surface area contributed by atoms with E-state index in [4.69, 9.17) is 14.2 Å². The largest absolute Gasteiger partial charge is 0.493 e. The number of aromatic nitrogens is 2. The van der Waals surface area contributed by atoms with E-state index in [0.717, 1.165) is 5.56 Å². The fourth-order valence-electron chi connectivity index (χ4n) is 4.36. The number of carbonyl (C=O) groups excluding carboxylic acids is 1. The maximum Gasteiger partial charge on any atom is 0.219 e. The van der Waals surface area contributed by atoms with Crippen LogP contribution in [0.2, 0.25) is 0 Å². The number of rotatable bonds is 10. The van der Waals surface area contributed by atoms with Crippen LogP contribution >= 0.6 is 0 Å². The van der Waals surface area contributed by atoms with Crippen molar-refractivity contribution in [2.45, 2.75) is 25.6 Å². The van der Waals surface area contributed by atoms with Crippen LogP contribution in [-0.2, 0) is 17.9 Å². The SMILES string of the molecule is COc1ccc(CN2CCN(C(C)=O)C[C@](O)(COc3ccc(F)cc3)C2)cc1OCCn1cccn1. The van der Waals surface area contributed by atoms with Gasteiger partial charge >= 0.3 is 0 Å². The van der Waals surface area contributed by atoms with Gasteiger partial charge in [0, 0.05) is 45.5 Å². The molecule has 1 aromatic heterocycles. The molecular formula is C27H33FN4O5. The summed E-state index contributed by atoms with van der Waals surface area (Å²) >= 11 is 0. The van der Waals surface area contributed by atoms with Gasteiger partial charge in [-0.2, -0.15) is 5.10 Å². The van der Waals surface area contributed by atoms with Crippen LogP contribution in [0.15, 0.2) is 60.9 Å². The van der Waals surface area contributed by atoms with Crippen LogP contribution in [0.1, 0.15) is 12.5 Å². The molecule has 2 aromatic carbocycles. The van der Waals surface area contributed by atoms with Crippen molar-refractivity contribution in [2.24, 2.45) is 0 Å². The van der Waals surface area contributed by atoms with E-state index in [1.807, 2.05) is 30.5 Å². The van der Waals surface area contributed by atoms with E-state index < -0.39 is 5.60 Å². The second-order valence-corrected chi connectivity index (χ2v) is 9.22. The lowest BCUT2D eigenvalue weighted by molar-refractivity contribution is -0.132. The van der Waals surface area contributed by atoms with E-state index in [-0.39, 0.29) is 24.9 Å². The molecule has 1 aliphatic heterocycles. The fourth-order valence-corrected chi connectivity index (χ4v) is 4.36. The van der Waals surface area contributed by atoms with Gasteiger partial charge in [-0.25, -0.2) is 4.39 Å². The van der Waals surface area contributed by atoms with Gasteiger partial charge in [0.05, 0.1) is 20.2 Å². The summed E-state index contributed by atoms with van der Waals surface area (Å²) in [4.78, 5) is 15.9. The summed E-state index contributed by atoms with van der Waals surface area (Å²) in [5.74, 6) is 1.24. The van der Waals surface area contributed by atoms with Crippen molar-refractivity contribution in [1.82, 2.24) is 19.6 Å². The zero-order chi connectivity index (χ0) is 26.3. The highest BCUT2D eigenvalue weighted by atomic mass is 19.1. The molecule has 1 aliphatic rings. The van der Waals surface area contributed by atoms with E-state index in [9.17, 15) is 14.3 Å². The predicted octanol–water partition coefficient (Wildman–Crippen LogP) is 2.58. The van der Waals surface area contributed by atoms with E-state index in [2.05, 4.69) is 10.00 Å². The summed E-state index contributed by atoms with van der Waals surface area (Å²) in [6.45, 7) is 4.52. The molecule has 1 N–H and O–H groups in total. The van der Waals surface area contributed by atoms with Gasteiger partial charge in [-0.3, -0.25) is 14.4 Å². The number of halogens is 1. The van der Waals surface area contributed by atoms with Gasteiger partial charge in [0.15, 0.2) is 11.5 Å². The van der Waals surface area contributed by atoms with Crippen molar-refractivity contribution in [3.8, 4) is 17.2 Å². The second-order valence-electron chi connectivity index (χ2n) is 9.22. The summed E-state index contributed by atoms with van der Waals surface area (Å²) in [7, 11) is 1.60. The molecule has 0 bridgehead atoms. The van der Waals surface area contributed by atoms with Gasteiger partial charge in [0.25, 0.3) is 0 Å². The Kier molecular flexibility index (Phi) is 8.62. The number of ether oxygens (including phenoxy) is 3. The van der Waals surface area contributed by atoms with Crippen molar-refractivity contribution >= 4 is 5.91 Å². The molecule has 1 fully saturated rings. The molecule has 0 spiro atoms. The summed E-state index contributed by atoms with van der Waals surface area (Å²) in [6, 6.07) is 13.3. The standard InChI is InChI=1S/C27H33FN4O5/c1-21(33)31-13-12-30(18-27(34,19-31)20-37-24-7-5-23(28)6-8-24)17-22-4-9-25(35-2)26(16-22)36-15-14-32-11-3-10-29-32/h3-11,16,34H,12-15,17-20H2,1-2H3/t27-/m0/s1. The molecule has 3 aromatic rings. The molecule has 1 saturated heterocycles. The Hall–Kier alpha value is -3.63. The Balaban J connectivity index is 1.44. The molecule has 0 radical (unpaired) electrons. The van der Waals surface area contributed by atoms with Crippen LogP contribution < -0.4 is 14.2 Å². The van der Waals surface area contributed by atoms with Crippen LogP contribution in [0, 0.1) is 5.82 Å². The van der Waals surface area contributed by atoms with Gasteiger partial charge in [-0.05, 0) is 48.0 Å². The highest BCUT2D eigenvalue weighted by Gasteiger charge is 2.37. The van der Waals surface area contributed by atoms with Crippen molar-refractivity contribution in [3.63, 3.8) is 0 Å². The third-order valence-corrected chi connectivity index (χ3v) is 6.23. The highest BCUT2D eigenvalue weighted by molar-refractivity contribution is 5.73. The molecule has 0 saturated carbocycles. The Bertz CT molecular complexity index is 1160. The Morgan fingerprint density at radius 1 is 1.11 bits per heavy atom. The molecule has 10 heteroatoms. The monoisotopic (exact) mass is 512 g/mol. The molecule has 37 heavy (non-hydrogen) atoms. The first-order valence-corrected chi connectivity index (χ1v) is 12.2. The number of methoxy groups -OCH3 is 1. The number of benzene rings is 2. The quantitative estimate of drug-likeness (QED) is 0.447. The molecular weight excluding hydrogens is 479 g/mol. The molecule has 9 nitrogen and oxygen atoms in total. The van der Waals surface area contributed by atoms with Crippen molar-refractivity contribution in [2.75, 3.05) is 46.5 Å². The third kappa shape index (κ3) is 7.43. The van der Waals surface area contributed by atoms with Crippen molar-refractivity contribution < 1.29 is 28.5 Å². The first kappa shape index (κ1) is 26.4. The van der Waals surface area contributed by atoms with Gasteiger partial charge in [-0.1, -0.05) is 6.07 Å². The molecule has 198 valence electrons. The molecule has 0 aliphatic carbocycles. The smallest absolute Gasteiger partial charge is 0.219 e. The highest BCUT2D eigenvalue weighted by Crippen LogP contribution is 2.29. The number of hydrogen-bond donors (Lipinski definition) is 1. The maximum atomic E-state index is 13.2. The number of amides is 1. The number of nitrogens with zero attached hydrogens (tertiary/aromatic N) is 4. The van der Waals surface area contributed by atoms with E-state index in [1.165, 1.54) is 31.2 Å². The van der Waals surface area contributed by atoms with E-state index in [0.29, 0.717) is 56.6 Å². The minimum atomic E-state index is -1.31. The normalized spacial score (nSPS) is 18.3. The zero-order valence-corrected chi connectivity index (χ0v) is 21.2. The molecule has 0 unspecified atom stereocenters. The average Bonchev–Trinajstić information content (AvgIpc) is 3.33. The lowest BCUT2D eigenvalue weighted by Gasteiger charge is -2.32. The average molecular weight is 513 g/mol. The van der Waals surface area contributed by atoms with Crippen LogP contribution in [0.4, 0.5) is 4.39 Å². The Morgan fingerprint density at radius 2 is 1.92 bits per heavy atom. The molecule has 1 amide bonds. The maximum absolute atomic E-state index is 13.2. The summed E-state index contributed by atoms with van der Waals surface area (Å²) in [6.07, 6.45) is 3.60. The van der Waals surface area contributed by atoms with Crippen LogP contribution in [0.5, 0.6) is 17.2 Å². The number of β-amino-alcohol motifs (C(OH)–C–C–N with tert-alkyl or cyclic N) is 1. The van der Waals surface area contributed by atoms with Crippen LogP contribution in [0.3, 0.4) is 0 Å².